The van der Waals surface area contributed by atoms with E-state index in [1.807, 2.05) is 0 Å². The Bertz CT molecular complexity index is 627. The van der Waals surface area contributed by atoms with Crippen LogP contribution in [0.15, 0.2) is 29.3 Å². The fourth-order valence-electron chi connectivity index (χ4n) is 4.51. The van der Waals surface area contributed by atoms with E-state index in [0.717, 1.165) is 44.4 Å². The lowest BCUT2D eigenvalue weighted by molar-refractivity contribution is 0.210. The van der Waals surface area contributed by atoms with Gasteiger partial charge in [-0.15, -0.1) is 0 Å². The first-order valence-corrected chi connectivity index (χ1v) is 11.3. The van der Waals surface area contributed by atoms with Crippen molar-refractivity contribution in [1.29, 1.82) is 0 Å². The summed E-state index contributed by atoms with van der Waals surface area (Å²) in [6, 6.07) is 8.82. The third-order valence-corrected chi connectivity index (χ3v) is 6.13. The predicted molar refractivity (Wildman–Crippen MR) is 121 cm³/mol. The van der Waals surface area contributed by atoms with Crippen LogP contribution in [0.2, 0.25) is 0 Å². The topological polar surface area (TPSA) is 52.1 Å². The molecule has 2 N–H and O–H groups in total. The molecule has 1 aromatic rings. The number of nitrogens with zero attached hydrogens (tertiary/aromatic N) is 3. The molecule has 0 spiro atoms. The molecule has 0 aromatic heterocycles. The highest BCUT2D eigenvalue weighted by Crippen LogP contribution is 2.27. The predicted octanol–water partition coefficient (Wildman–Crippen LogP) is 2.73. The molecule has 6 nitrogen and oxygen atoms in total. The second-order valence-electron chi connectivity index (χ2n) is 8.40. The fraction of sp³-hybridized carbons (Fsp3) is 0.696. The lowest BCUT2D eigenvalue weighted by Gasteiger charge is -2.30. The van der Waals surface area contributed by atoms with Crippen LogP contribution >= 0.6 is 0 Å². The number of piperidine rings is 1. The number of likely N-dealkylation sites (tertiary alicyclic amines) is 2. The summed E-state index contributed by atoms with van der Waals surface area (Å²) in [5.74, 6) is 2.55. The molecule has 2 saturated heterocycles. The van der Waals surface area contributed by atoms with E-state index in [-0.39, 0.29) is 0 Å². The van der Waals surface area contributed by atoms with Gasteiger partial charge in [-0.2, -0.15) is 0 Å². The molecule has 162 valence electrons. The van der Waals surface area contributed by atoms with Crippen molar-refractivity contribution in [2.24, 2.45) is 10.9 Å². The summed E-state index contributed by atoms with van der Waals surface area (Å²) in [5.41, 5.74) is 1.32. The first-order chi connectivity index (χ1) is 14.2. The summed E-state index contributed by atoms with van der Waals surface area (Å²) in [4.78, 5) is 10.0. The van der Waals surface area contributed by atoms with Crippen LogP contribution in [-0.4, -0.2) is 75.7 Å². The average molecular weight is 402 g/mol. The number of hydrogen-bond donors (Lipinski definition) is 2. The minimum absolute atomic E-state index is 0.319. The quantitative estimate of drug-likeness (QED) is 0.518. The molecule has 0 radical (unpaired) electrons. The van der Waals surface area contributed by atoms with Crippen molar-refractivity contribution >= 4 is 5.96 Å². The molecule has 0 aliphatic carbocycles. The Morgan fingerprint density at radius 2 is 1.90 bits per heavy atom. The van der Waals surface area contributed by atoms with Gasteiger partial charge in [-0.3, -0.25) is 9.89 Å². The van der Waals surface area contributed by atoms with Gasteiger partial charge in [0.05, 0.1) is 19.7 Å². The lowest BCUT2D eigenvalue weighted by Crippen LogP contribution is -2.44. The first kappa shape index (κ1) is 21.9. The van der Waals surface area contributed by atoms with Gasteiger partial charge >= 0.3 is 0 Å². The molecule has 2 atom stereocenters. The first-order valence-electron chi connectivity index (χ1n) is 11.3. The van der Waals surface area contributed by atoms with Gasteiger partial charge in [0.2, 0.25) is 0 Å². The molecule has 0 amide bonds. The van der Waals surface area contributed by atoms with Crippen LogP contribution in [0, 0.1) is 5.92 Å². The molecule has 2 fully saturated rings. The van der Waals surface area contributed by atoms with Crippen molar-refractivity contribution in [2.75, 3.05) is 60.0 Å². The lowest BCUT2D eigenvalue weighted by atomic mass is 9.99. The molecule has 2 heterocycles. The molecule has 1 aromatic carbocycles. The molecule has 29 heavy (non-hydrogen) atoms. The van der Waals surface area contributed by atoms with Crippen molar-refractivity contribution < 1.29 is 4.74 Å². The Morgan fingerprint density at radius 1 is 1.14 bits per heavy atom. The molecule has 2 aliphatic rings. The fourth-order valence-corrected chi connectivity index (χ4v) is 4.51. The zero-order valence-electron chi connectivity index (χ0n) is 18.5. The van der Waals surface area contributed by atoms with Crippen LogP contribution in [0.5, 0.6) is 5.75 Å². The van der Waals surface area contributed by atoms with E-state index in [9.17, 15) is 0 Å². The van der Waals surface area contributed by atoms with E-state index in [2.05, 4.69) is 58.7 Å². The maximum atomic E-state index is 5.34. The second kappa shape index (κ2) is 11.4. The molecular formula is C23H39N5O. The Balaban J connectivity index is 1.65. The van der Waals surface area contributed by atoms with Gasteiger partial charge in [0.1, 0.15) is 5.75 Å². The Morgan fingerprint density at radius 3 is 2.55 bits per heavy atom. The van der Waals surface area contributed by atoms with Gasteiger partial charge < -0.3 is 20.3 Å². The van der Waals surface area contributed by atoms with Gasteiger partial charge in [0.25, 0.3) is 0 Å². The normalized spacial score (nSPS) is 22.4. The van der Waals surface area contributed by atoms with Crippen molar-refractivity contribution in [3.05, 3.63) is 29.8 Å². The van der Waals surface area contributed by atoms with E-state index in [1.165, 1.54) is 44.3 Å². The van der Waals surface area contributed by atoms with Crippen LogP contribution in [0.4, 0.5) is 0 Å². The zero-order valence-corrected chi connectivity index (χ0v) is 18.5. The average Bonchev–Trinajstić information content (AvgIpc) is 3.27. The van der Waals surface area contributed by atoms with Crippen LogP contribution in [0.3, 0.4) is 0 Å². The van der Waals surface area contributed by atoms with Crippen LogP contribution in [0.25, 0.3) is 0 Å². The summed E-state index contributed by atoms with van der Waals surface area (Å²) >= 11 is 0. The smallest absolute Gasteiger partial charge is 0.191 e. The zero-order chi connectivity index (χ0) is 20.5. The maximum absolute atomic E-state index is 5.34. The molecule has 3 rings (SSSR count). The van der Waals surface area contributed by atoms with Crippen molar-refractivity contribution in [2.45, 2.75) is 38.6 Å². The Kier molecular flexibility index (Phi) is 8.62. The standard InChI is InChI=1S/C23H39N5O/c1-4-24-23(25-16-19-8-7-13-27(2)18-19)26-17-22(28-14-5-6-15-28)20-9-11-21(29-3)12-10-20/h9-12,19,22H,4-8,13-18H2,1-3H3,(H2,24,25,26). The number of nitrogens with one attached hydrogen (secondary N) is 2. The Labute approximate surface area is 176 Å². The third kappa shape index (κ3) is 6.61. The highest BCUT2D eigenvalue weighted by atomic mass is 16.5. The largest absolute Gasteiger partial charge is 0.497 e. The number of hydrogen-bond acceptors (Lipinski definition) is 4. The summed E-state index contributed by atoms with van der Waals surface area (Å²) in [6.07, 6.45) is 5.16. The van der Waals surface area contributed by atoms with E-state index in [4.69, 9.17) is 9.73 Å². The molecule has 2 unspecified atom stereocenters. The molecule has 6 heteroatoms. The molecule has 0 bridgehead atoms. The van der Waals surface area contributed by atoms with E-state index in [1.54, 1.807) is 7.11 Å². The van der Waals surface area contributed by atoms with Crippen molar-refractivity contribution in [3.63, 3.8) is 0 Å². The second-order valence-corrected chi connectivity index (χ2v) is 8.40. The van der Waals surface area contributed by atoms with E-state index in [0.29, 0.717) is 12.0 Å². The molecular weight excluding hydrogens is 362 g/mol. The van der Waals surface area contributed by atoms with Gasteiger partial charge in [-0.05, 0) is 82.9 Å². The minimum atomic E-state index is 0.319. The minimum Gasteiger partial charge on any atom is -0.497 e. The van der Waals surface area contributed by atoms with E-state index >= 15 is 0 Å². The van der Waals surface area contributed by atoms with Gasteiger partial charge in [0.15, 0.2) is 5.96 Å². The van der Waals surface area contributed by atoms with Crippen molar-refractivity contribution in [1.82, 2.24) is 20.4 Å². The number of aliphatic imine (C=N–C) groups is 1. The monoisotopic (exact) mass is 401 g/mol. The summed E-state index contributed by atoms with van der Waals surface area (Å²) in [7, 11) is 3.94. The van der Waals surface area contributed by atoms with Gasteiger partial charge in [-0.1, -0.05) is 12.1 Å². The number of rotatable bonds is 8. The Hall–Kier alpha value is -1.79. The van der Waals surface area contributed by atoms with Gasteiger partial charge in [0, 0.05) is 19.6 Å². The van der Waals surface area contributed by atoms with Crippen molar-refractivity contribution in [3.8, 4) is 5.75 Å². The van der Waals surface area contributed by atoms with Crippen LogP contribution < -0.4 is 15.4 Å². The molecule has 2 aliphatic heterocycles. The summed E-state index contributed by atoms with van der Waals surface area (Å²) in [6.45, 7) is 9.49. The number of ether oxygens (including phenoxy) is 1. The number of guanidine groups is 1. The summed E-state index contributed by atoms with van der Waals surface area (Å²) in [5, 5.41) is 7.04. The summed E-state index contributed by atoms with van der Waals surface area (Å²) < 4.78 is 5.34. The van der Waals surface area contributed by atoms with Crippen LogP contribution in [0.1, 0.15) is 44.2 Å². The van der Waals surface area contributed by atoms with Crippen LogP contribution in [-0.2, 0) is 0 Å². The highest BCUT2D eigenvalue weighted by Gasteiger charge is 2.24. The van der Waals surface area contributed by atoms with Gasteiger partial charge in [-0.25, -0.2) is 0 Å². The SMILES string of the molecule is CCNC(=NCC(c1ccc(OC)cc1)N1CCCC1)NCC1CCCN(C)C1. The highest BCUT2D eigenvalue weighted by molar-refractivity contribution is 5.79. The third-order valence-electron chi connectivity index (χ3n) is 6.13. The maximum Gasteiger partial charge on any atom is 0.191 e. The number of methoxy groups -OCH3 is 1. The van der Waals surface area contributed by atoms with E-state index < -0.39 is 0 Å². The number of benzene rings is 1. The molecule has 0 saturated carbocycles.